The molecule has 0 aliphatic carbocycles. The van der Waals surface area contributed by atoms with Crippen molar-refractivity contribution in [3.63, 3.8) is 0 Å². The van der Waals surface area contributed by atoms with Gasteiger partial charge in [0, 0.05) is 36.6 Å². The molecule has 1 N–H and O–H groups in total. The maximum Gasteiger partial charge on any atom is 0.162 e. The van der Waals surface area contributed by atoms with Crippen molar-refractivity contribution in [1.29, 1.82) is 0 Å². The molecule has 1 unspecified atom stereocenters. The predicted molar refractivity (Wildman–Crippen MR) is 93.6 cm³/mol. The number of piperidine rings is 1. The van der Waals surface area contributed by atoms with Crippen molar-refractivity contribution in [1.82, 2.24) is 19.5 Å². The van der Waals surface area contributed by atoms with Crippen molar-refractivity contribution in [2.75, 3.05) is 13.1 Å². The summed E-state index contributed by atoms with van der Waals surface area (Å²) in [4.78, 5) is 6.92. The highest BCUT2D eigenvalue weighted by molar-refractivity contribution is 5.76. The quantitative estimate of drug-likeness (QED) is 0.805. The van der Waals surface area contributed by atoms with Crippen LogP contribution in [0.5, 0.6) is 0 Å². The van der Waals surface area contributed by atoms with Gasteiger partial charge in [-0.1, -0.05) is 30.3 Å². The number of fused-ring (bicyclic) bond motifs is 1. The molecule has 0 spiro atoms. The summed E-state index contributed by atoms with van der Waals surface area (Å²) in [6.07, 6.45) is 7.74. The molecule has 5 heteroatoms. The minimum atomic E-state index is -0.581. The van der Waals surface area contributed by atoms with E-state index in [-0.39, 0.29) is 0 Å². The molecular formula is C19H22N4O. The van der Waals surface area contributed by atoms with Crippen LogP contribution >= 0.6 is 0 Å². The van der Waals surface area contributed by atoms with Gasteiger partial charge in [0.1, 0.15) is 0 Å². The second-order valence-corrected chi connectivity index (χ2v) is 6.97. The zero-order valence-corrected chi connectivity index (χ0v) is 13.9. The first-order valence-electron chi connectivity index (χ1n) is 8.43. The molecule has 0 amide bonds. The van der Waals surface area contributed by atoms with E-state index in [1.165, 1.54) is 0 Å². The number of aromatic nitrogens is 3. The Morgan fingerprint density at radius 3 is 2.83 bits per heavy atom. The van der Waals surface area contributed by atoms with E-state index in [4.69, 9.17) is 0 Å². The number of rotatable bonds is 3. The van der Waals surface area contributed by atoms with Crippen LogP contribution in [-0.4, -0.2) is 43.3 Å². The van der Waals surface area contributed by atoms with Gasteiger partial charge in [-0.05, 0) is 31.9 Å². The number of hydrogen-bond donors (Lipinski definition) is 1. The van der Waals surface area contributed by atoms with Crippen LogP contribution in [0.15, 0.2) is 48.9 Å². The lowest BCUT2D eigenvalue weighted by Gasteiger charge is -2.36. The number of likely N-dealkylation sites (tertiary alicyclic amines) is 1. The third-order valence-electron chi connectivity index (χ3n) is 4.65. The molecular weight excluding hydrogens is 300 g/mol. The molecule has 0 bridgehead atoms. The molecule has 1 fully saturated rings. The van der Waals surface area contributed by atoms with Crippen molar-refractivity contribution in [3.05, 3.63) is 54.5 Å². The van der Waals surface area contributed by atoms with Crippen LogP contribution in [0.25, 0.3) is 16.8 Å². The third kappa shape index (κ3) is 3.05. The van der Waals surface area contributed by atoms with Crippen LogP contribution in [-0.2, 0) is 6.54 Å². The lowest BCUT2D eigenvalue weighted by atomic mass is 9.95. The molecule has 1 aliphatic heterocycles. The standard InChI is InChI=1S/C19H22N4O/c1-19(24)8-5-9-22(14-19)12-15-10-20-18-17(11-21-23(18)13-15)16-6-3-2-4-7-16/h2-4,6-7,10-11,13,24H,5,8-9,12,14H2,1H3. The van der Waals surface area contributed by atoms with Crippen LogP contribution in [0, 0.1) is 0 Å². The predicted octanol–water partition coefficient (Wildman–Crippen LogP) is 2.74. The van der Waals surface area contributed by atoms with Gasteiger partial charge in [-0.3, -0.25) is 4.90 Å². The normalized spacial score (nSPS) is 22.1. The summed E-state index contributed by atoms with van der Waals surface area (Å²) in [5.41, 5.74) is 3.57. The summed E-state index contributed by atoms with van der Waals surface area (Å²) in [5.74, 6) is 0. The number of aliphatic hydroxyl groups is 1. The van der Waals surface area contributed by atoms with Crippen LogP contribution in [0.3, 0.4) is 0 Å². The smallest absolute Gasteiger partial charge is 0.162 e. The van der Waals surface area contributed by atoms with E-state index in [1.54, 1.807) is 0 Å². The van der Waals surface area contributed by atoms with Crippen molar-refractivity contribution < 1.29 is 5.11 Å². The summed E-state index contributed by atoms with van der Waals surface area (Å²) >= 11 is 0. The fourth-order valence-corrected chi connectivity index (χ4v) is 3.53. The molecule has 2 aromatic heterocycles. The highest BCUT2D eigenvalue weighted by Crippen LogP contribution is 2.24. The van der Waals surface area contributed by atoms with Gasteiger partial charge in [-0.15, -0.1) is 0 Å². The molecule has 1 aliphatic rings. The van der Waals surface area contributed by atoms with Gasteiger partial charge in [-0.25, -0.2) is 9.50 Å². The summed E-state index contributed by atoms with van der Waals surface area (Å²) in [7, 11) is 0. The largest absolute Gasteiger partial charge is 0.389 e. The first-order chi connectivity index (χ1) is 11.6. The Balaban J connectivity index is 1.59. The minimum absolute atomic E-state index is 0.581. The monoisotopic (exact) mass is 322 g/mol. The van der Waals surface area contributed by atoms with Crippen LogP contribution < -0.4 is 0 Å². The highest BCUT2D eigenvalue weighted by Gasteiger charge is 2.28. The first kappa shape index (κ1) is 15.3. The Hall–Kier alpha value is -2.24. The van der Waals surface area contributed by atoms with E-state index in [0.29, 0.717) is 6.54 Å². The number of benzene rings is 1. The van der Waals surface area contributed by atoms with Gasteiger partial charge in [0.25, 0.3) is 0 Å². The van der Waals surface area contributed by atoms with Crippen molar-refractivity contribution in [3.8, 4) is 11.1 Å². The minimum Gasteiger partial charge on any atom is -0.389 e. The van der Waals surface area contributed by atoms with Crippen molar-refractivity contribution in [2.24, 2.45) is 0 Å². The average Bonchev–Trinajstić information content (AvgIpc) is 2.98. The molecule has 3 heterocycles. The molecule has 1 atom stereocenters. The van der Waals surface area contributed by atoms with Crippen molar-refractivity contribution in [2.45, 2.75) is 31.9 Å². The summed E-state index contributed by atoms with van der Waals surface area (Å²) in [5, 5.41) is 14.7. The topological polar surface area (TPSA) is 53.7 Å². The summed E-state index contributed by atoms with van der Waals surface area (Å²) in [6, 6.07) is 10.2. The zero-order chi connectivity index (χ0) is 16.6. The zero-order valence-electron chi connectivity index (χ0n) is 13.9. The lowest BCUT2D eigenvalue weighted by Crippen LogP contribution is -2.45. The molecule has 4 rings (SSSR count). The van der Waals surface area contributed by atoms with E-state index < -0.39 is 5.60 Å². The molecule has 0 saturated carbocycles. The lowest BCUT2D eigenvalue weighted by molar-refractivity contribution is -0.0182. The second kappa shape index (κ2) is 6.00. The van der Waals surface area contributed by atoms with E-state index in [2.05, 4.69) is 27.1 Å². The molecule has 124 valence electrons. The molecule has 1 aromatic carbocycles. The Morgan fingerprint density at radius 2 is 2.04 bits per heavy atom. The highest BCUT2D eigenvalue weighted by atomic mass is 16.3. The molecule has 1 saturated heterocycles. The van der Waals surface area contributed by atoms with Gasteiger partial charge < -0.3 is 5.11 Å². The van der Waals surface area contributed by atoms with E-state index in [1.807, 2.05) is 48.2 Å². The maximum atomic E-state index is 10.2. The SMILES string of the molecule is CC1(O)CCCN(Cc2cnc3c(-c4ccccc4)cnn3c2)C1. The average molecular weight is 322 g/mol. The Bertz CT molecular complexity index is 841. The Morgan fingerprint density at radius 1 is 1.21 bits per heavy atom. The van der Waals surface area contributed by atoms with Gasteiger partial charge in [0.2, 0.25) is 0 Å². The third-order valence-corrected chi connectivity index (χ3v) is 4.65. The van der Waals surface area contributed by atoms with E-state index >= 15 is 0 Å². The summed E-state index contributed by atoms with van der Waals surface area (Å²) in [6.45, 7) is 4.43. The number of hydrogen-bond acceptors (Lipinski definition) is 4. The number of nitrogens with zero attached hydrogens (tertiary/aromatic N) is 4. The van der Waals surface area contributed by atoms with Gasteiger partial charge in [0.15, 0.2) is 5.65 Å². The van der Waals surface area contributed by atoms with Crippen LogP contribution in [0.4, 0.5) is 0 Å². The van der Waals surface area contributed by atoms with Gasteiger partial charge >= 0.3 is 0 Å². The van der Waals surface area contributed by atoms with Crippen molar-refractivity contribution >= 4 is 5.65 Å². The van der Waals surface area contributed by atoms with Gasteiger partial charge in [0.05, 0.1) is 11.8 Å². The Kier molecular flexibility index (Phi) is 3.82. The first-order valence-corrected chi connectivity index (χ1v) is 8.43. The number of β-amino-alcohol motifs (C(OH)–C–C–N with tert-alkyl or cyclic N) is 1. The maximum absolute atomic E-state index is 10.2. The molecule has 0 radical (unpaired) electrons. The fraction of sp³-hybridized carbons (Fsp3) is 0.368. The van der Waals surface area contributed by atoms with E-state index in [9.17, 15) is 5.11 Å². The molecule has 24 heavy (non-hydrogen) atoms. The van der Waals surface area contributed by atoms with E-state index in [0.717, 1.165) is 48.3 Å². The molecule has 5 nitrogen and oxygen atoms in total. The van der Waals surface area contributed by atoms with Crippen LogP contribution in [0.2, 0.25) is 0 Å². The Labute approximate surface area is 141 Å². The molecule has 3 aromatic rings. The summed E-state index contributed by atoms with van der Waals surface area (Å²) < 4.78 is 1.85. The van der Waals surface area contributed by atoms with Crippen LogP contribution in [0.1, 0.15) is 25.3 Å². The second-order valence-electron chi connectivity index (χ2n) is 6.97. The van der Waals surface area contributed by atoms with Gasteiger partial charge in [-0.2, -0.15) is 5.10 Å². The fourth-order valence-electron chi connectivity index (χ4n) is 3.53.